The van der Waals surface area contributed by atoms with Crippen LogP contribution in [0, 0.1) is 0 Å². The van der Waals surface area contributed by atoms with E-state index in [0.717, 1.165) is 9.67 Å². The normalized spacial score (nSPS) is 10.4. The van der Waals surface area contributed by atoms with Crippen molar-refractivity contribution in [3.05, 3.63) is 41.8 Å². The molecule has 0 aliphatic rings. The third-order valence-corrected chi connectivity index (χ3v) is 4.14. The molecule has 0 spiro atoms. The number of hydrogen-bond acceptors (Lipinski definition) is 8. The second-order valence-corrected chi connectivity index (χ2v) is 6.23. The van der Waals surface area contributed by atoms with Crippen LogP contribution in [-0.2, 0) is 20.9 Å². The molecule has 1 N–H and O–H groups in total. The maximum atomic E-state index is 11.9. The second-order valence-electron chi connectivity index (χ2n) is 5.29. The number of ether oxygens (including phenoxy) is 2. The number of benzene rings is 1. The largest absolute Gasteiger partial charge is 0.494 e. The van der Waals surface area contributed by atoms with E-state index >= 15 is 0 Å². The highest BCUT2D eigenvalue weighted by Gasteiger charge is 2.12. The van der Waals surface area contributed by atoms with E-state index in [4.69, 9.17) is 9.47 Å². The predicted octanol–water partition coefficient (Wildman–Crippen LogP) is 1.98. The van der Waals surface area contributed by atoms with Crippen molar-refractivity contribution in [2.24, 2.45) is 0 Å². The number of anilines is 1. The van der Waals surface area contributed by atoms with Gasteiger partial charge >= 0.3 is 5.97 Å². The highest BCUT2D eigenvalue weighted by molar-refractivity contribution is 7.13. The van der Waals surface area contributed by atoms with Gasteiger partial charge in [0.25, 0.3) is 5.91 Å². The molecule has 3 rings (SSSR count). The minimum Gasteiger partial charge on any atom is -0.494 e. The van der Waals surface area contributed by atoms with Gasteiger partial charge < -0.3 is 14.8 Å². The molecule has 1 aromatic carbocycles. The third-order valence-electron chi connectivity index (χ3n) is 3.28. The van der Waals surface area contributed by atoms with Crippen molar-refractivity contribution in [2.75, 3.05) is 18.5 Å². The summed E-state index contributed by atoms with van der Waals surface area (Å²) in [6, 6.07) is 10.6. The molecule has 0 saturated heterocycles. The van der Waals surface area contributed by atoms with Crippen LogP contribution < -0.4 is 10.1 Å². The molecular formula is C17H17N5O4S. The van der Waals surface area contributed by atoms with Gasteiger partial charge in [0.2, 0.25) is 5.82 Å². The van der Waals surface area contributed by atoms with Crippen molar-refractivity contribution >= 4 is 28.9 Å². The van der Waals surface area contributed by atoms with Crippen molar-refractivity contribution in [3.8, 4) is 16.5 Å². The summed E-state index contributed by atoms with van der Waals surface area (Å²) in [4.78, 5) is 25.7. The quantitative estimate of drug-likeness (QED) is 0.589. The van der Waals surface area contributed by atoms with Crippen LogP contribution in [0.15, 0.2) is 41.8 Å². The Bertz CT molecular complexity index is 892. The van der Waals surface area contributed by atoms with Gasteiger partial charge in [-0.3, -0.25) is 4.79 Å². The summed E-state index contributed by atoms with van der Waals surface area (Å²) in [6.45, 7) is 1.83. The minimum absolute atomic E-state index is 0.227. The number of rotatable bonds is 8. The number of carbonyl (C=O) groups excluding carboxylic acids is 2. The van der Waals surface area contributed by atoms with Crippen molar-refractivity contribution in [2.45, 2.75) is 13.5 Å². The zero-order valence-corrected chi connectivity index (χ0v) is 15.3. The highest BCUT2D eigenvalue weighted by atomic mass is 32.1. The number of nitrogens with zero attached hydrogens (tertiary/aromatic N) is 4. The van der Waals surface area contributed by atoms with E-state index < -0.39 is 18.5 Å². The van der Waals surface area contributed by atoms with Gasteiger partial charge in [-0.2, -0.15) is 4.80 Å². The van der Waals surface area contributed by atoms with Crippen LogP contribution in [0.4, 0.5) is 5.69 Å². The van der Waals surface area contributed by atoms with E-state index in [-0.39, 0.29) is 6.54 Å². The maximum absolute atomic E-state index is 11.9. The second kappa shape index (κ2) is 8.90. The fraction of sp³-hybridized carbons (Fsp3) is 0.235. The Balaban J connectivity index is 1.44. The van der Waals surface area contributed by atoms with E-state index in [2.05, 4.69) is 20.7 Å². The van der Waals surface area contributed by atoms with E-state index in [1.165, 1.54) is 11.3 Å². The van der Waals surface area contributed by atoms with E-state index in [1.807, 2.05) is 24.4 Å². The van der Waals surface area contributed by atoms with Crippen LogP contribution in [0.25, 0.3) is 10.7 Å². The maximum Gasteiger partial charge on any atom is 0.330 e. The summed E-state index contributed by atoms with van der Waals surface area (Å²) in [5.74, 6) is 0.0699. The lowest BCUT2D eigenvalue weighted by Gasteiger charge is -2.07. The fourth-order valence-electron chi connectivity index (χ4n) is 2.12. The molecule has 0 radical (unpaired) electrons. The molecule has 1 amide bonds. The third kappa shape index (κ3) is 5.35. The molecule has 0 saturated carbocycles. The van der Waals surface area contributed by atoms with Crippen LogP contribution in [0.2, 0.25) is 0 Å². The zero-order chi connectivity index (χ0) is 19.1. The lowest BCUT2D eigenvalue weighted by molar-refractivity contribution is -0.148. The lowest BCUT2D eigenvalue weighted by atomic mass is 10.3. The average Bonchev–Trinajstić information content (AvgIpc) is 3.33. The molecule has 2 heterocycles. The topological polar surface area (TPSA) is 108 Å². The molecule has 140 valence electrons. The molecule has 0 atom stereocenters. The molecule has 0 aliphatic heterocycles. The lowest BCUT2D eigenvalue weighted by Crippen LogP contribution is -2.23. The molecule has 2 aromatic heterocycles. The molecule has 9 nitrogen and oxygen atoms in total. The zero-order valence-electron chi connectivity index (χ0n) is 14.5. The van der Waals surface area contributed by atoms with Crippen molar-refractivity contribution in [1.82, 2.24) is 20.2 Å². The monoisotopic (exact) mass is 387 g/mol. The summed E-state index contributed by atoms with van der Waals surface area (Å²) in [7, 11) is 0. The molecule has 27 heavy (non-hydrogen) atoms. The number of tetrazole rings is 1. The number of aromatic nitrogens is 4. The summed E-state index contributed by atoms with van der Waals surface area (Å²) in [5.41, 5.74) is 0.582. The Kier molecular flexibility index (Phi) is 6.10. The van der Waals surface area contributed by atoms with Gasteiger partial charge in [-0.05, 0) is 47.8 Å². The van der Waals surface area contributed by atoms with Crippen LogP contribution >= 0.6 is 11.3 Å². The first-order valence-corrected chi connectivity index (χ1v) is 9.02. The first-order valence-electron chi connectivity index (χ1n) is 8.14. The predicted molar refractivity (Wildman–Crippen MR) is 98.3 cm³/mol. The van der Waals surface area contributed by atoms with Gasteiger partial charge in [0.05, 0.1) is 11.5 Å². The Labute approximate surface area is 158 Å². The summed E-state index contributed by atoms with van der Waals surface area (Å²) < 4.78 is 10.3. The molecule has 0 bridgehead atoms. The van der Waals surface area contributed by atoms with E-state index in [9.17, 15) is 9.59 Å². The van der Waals surface area contributed by atoms with Gasteiger partial charge in [0.15, 0.2) is 13.2 Å². The number of amides is 1. The summed E-state index contributed by atoms with van der Waals surface area (Å²) in [6.07, 6.45) is 0. The van der Waals surface area contributed by atoms with Crippen molar-refractivity contribution in [1.29, 1.82) is 0 Å². The van der Waals surface area contributed by atoms with Crippen LogP contribution in [0.5, 0.6) is 5.75 Å². The Morgan fingerprint density at radius 2 is 2.04 bits per heavy atom. The molecule has 3 aromatic rings. The van der Waals surface area contributed by atoms with Gasteiger partial charge in [0, 0.05) is 5.69 Å². The Hall–Kier alpha value is -3.27. The fourth-order valence-corrected chi connectivity index (χ4v) is 2.77. The summed E-state index contributed by atoms with van der Waals surface area (Å²) in [5, 5.41) is 16.3. The van der Waals surface area contributed by atoms with Gasteiger partial charge in [-0.1, -0.05) is 6.07 Å². The summed E-state index contributed by atoms with van der Waals surface area (Å²) >= 11 is 1.47. The number of thiophene rings is 1. The first-order chi connectivity index (χ1) is 13.1. The molecule has 10 heteroatoms. The smallest absolute Gasteiger partial charge is 0.330 e. The van der Waals surface area contributed by atoms with E-state index in [1.54, 1.807) is 24.3 Å². The standard InChI is InChI=1S/C17H17N5O4S/c1-2-25-13-7-5-12(6-8-13)18-15(23)11-26-16(24)10-22-20-17(19-21-22)14-4-3-9-27-14/h3-9H,2,10-11H2,1H3,(H,18,23). The SMILES string of the molecule is CCOc1ccc(NC(=O)COC(=O)Cn2nnc(-c3cccs3)n2)cc1. The van der Waals surface area contributed by atoms with Crippen molar-refractivity contribution < 1.29 is 19.1 Å². The molecule has 0 fully saturated rings. The molecular weight excluding hydrogens is 370 g/mol. The minimum atomic E-state index is -0.632. The van der Waals surface area contributed by atoms with Crippen molar-refractivity contribution in [3.63, 3.8) is 0 Å². The van der Waals surface area contributed by atoms with Crippen LogP contribution in [0.3, 0.4) is 0 Å². The Morgan fingerprint density at radius 3 is 2.74 bits per heavy atom. The van der Waals surface area contributed by atoms with E-state index in [0.29, 0.717) is 23.9 Å². The van der Waals surface area contributed by atoms with Crippen LogP contribution in [0.1, 0.15) is 6.92 Å². The number of carbonyl (C=O) groups is 2. The van der Waals surface area contributed by atoms with Gasteiger partial charge in [-0.15, -0.1) is 21.5 Å². The van der Waals surface area contributed by atoms with Gasteiger partial charge in [-0.25, -0.2) is 4.79 Å². The number of hydrogen-bond donors (Lipinski definition) is 1. The Morgan fingerprint density at radius 1 is 1.22 bits per heavy atom. The van der Waals surface area contributed by atoms with Gasteiger partial charge in [0.1, 0.15) is 5.75 Å². The first kappa shape index (κ1) is 18.5. The highest BCUT2D eigenvalue weighted by Crippen LogP contribution is 2.19. The van der Waals surface area contributed by atoms with Crippen LogP contribution in [-0.4, -0.2) is 45.3 Å². The molecule has 0 aliphatic carbocycles. The molecule has 0 unspecified atom stereocenters. The average molecular weight is 387 g/mol. The number of nitrogens with one attached hydrogen (secondary N) is 1. The number of esters is 1.